The zero-order valence-corrected chi connectivity index (χ0v) is 11.2. The van der Waals surface area contributed by atoms with E-state index < -0.39 is 12.1 Å². The molecule has 1 aliphatic rings. The van der Waals surface area contributed by atoms with Crippen LogP contribution >= 0.6 is 0 Å². The summed E-state index contributed by atoms with van der Waals surface area (Å²) < 4.78 is 10.6. The zero-order valence-electron chi connectivity index (χ0n) is 11.2. The predicted molar refractivity (Wildman–Crippen MR) is 76.2 cm³/mol. The molecule has 0 radical (unpaired) electrons. The number of rotatable bonds is 4. The molecule has 1 atom stereocenters. The van der Waals surface area contributed by atoms with E-state index in [-0.39, 0.29) is 18.1 Å². The summed E-state index contributed by atoms with van der Waals surface area (Å²) in [6, 6.07) is 18.5. The van der Waals surface area contributed by atoms with E-state index in [0.717, 1.165) is 5.56 Å². The van der Waals surface area contributed by atoms with E-state index in [1.807, 2.05) is 48.5 Å². The summed E-state index contributed by atoms with van der Waals surface area (Å²) in [5.41, 5.74) is 1.62. The maximum atomic E-state index is 11.8. The van der Waals surface area contributed by atoms with Gasteiger partial charge in [-0.1, -0.05) is 60.7 Å². The second-order valence-electron chi connectivity index (χ2n) is 4.68. The van der Waals surface area contributed by atoms with Crippen molar-refractivity contribution >= 4 is 5.97 Å². The zero-order chi connectivity index (χ0) is 14.7. The SMILES string of the molecule is O=C1O[C@@H](c2ccccc2)C(O)=C1OCc1ccccc1. The van der Waals surface area contributed by atoms with Crippen LogP contribution in [0.1, 0.15) is 17.2 Å². The van der Waals surface area contributed by atoms with Crippen molar-refractivity contribution in [2.24, 2.45) is 0 Å². The summed E-state index contributed by atoms with van der Waals surface area (Å²) >= 11 is 0. The summed E-state index contributed by atoms with van der Waals surface area (Å²) in [4.78, 5) is 11.8. The van der Waals surface area contributed by atoms with Crippen LogP contribution in [0.2, 0.25) is 0 Å². The van der Waals surface area contributed by atoms with Gasteiger partial charge in [-0.05, 0) is 5.56 Å². The third-order valence-corrected chi connectivity index (χ3v) is 3.22. The summed E-state index contributed by atoms with van der Waals surface area (Å²) in [7, 11) is 0. The van der Waals surface area contributed by atoms with Crippen molar-refractivity contribution < 1.29 is 19.4 Å². The molecular formula is C17H14O4. The Morgan fingerprint density at radius 2 is 1.62 bits per heavy atom. The number of aliphatic hydroxyl groups is 1. The molecule has 0 fully saturated rings. The Bertz CT molecular complexity index is 662. The van der Waals surface area contributed by atoms with Crippen LogP contribution < -0.4 is 0 Å². The highest BCUT2D eigenvalue weighted by Gasteiger charge is 2.37. The molecule has 2 aromatic rings. The third kappa shape index (κ3) is 2.74. The largest absolute Gasteiger partial charge is 0.505 e. The van der Waals surface area contributed by atoms with Gasteiger partial charge in [0.15, 0.2) is 11.9 Å². The molecule has 106 valence electrons. The molecule has 0 saturated heterocycles. The number of cyclic esters (lactones) is 1. The van der Waals surface area contributed by atoms with E-state index in [0.29, 0.717) is 5.56 Å². The van der Waals surface area contributed by atoms with Crippen molar-refractivity contribution in [3.05, 3.63) is 83.3 Å². The average Bonchev–Trinajstić information content (AvgIpc) is 2.82. The monoisotopic (exact) mass is 282 g/mol. The van der Waals surface area contributed by atoms with Crippen LogP contribution in [-0.2, 0) is 20.9 Å². The summed E-state index contributed by atoms with van der Waals surface area (Å²) in [6.07, 6.45) is -0.788. The smallest absolute Gasteiger partial charge is 0.378 e. The van der Waals surface area contributed by atoms with Crippen molar-refractivity contribution in [2.75, 3.05) is 0 Å². The summed E-state index contributed by atoms with van der Waals surface area (Å²) in [5.74, 6) is -0.938. The van der Waals surface area contributed by atoms with Gasteiger partial charge in [0.2, 0.25) is 5.76 Å². The van der Waals surface area contributed by atoms with Crippen molar-refractivity contribution in [1.82, 2.24) is 0 Å². The van der Waals surface area contributed by atoms with E-state index in [2.05, 4.69) is 0 Å². The molecule has 0 aliphatic carbocycles. The molecule has 1 N–H and O–H groups in total. The maximum absolute atomic E-state index is 11.8. The van der Waals surface area contributed by atoms with Crippen molar-refractivity contribution in [2.45, 2.75) is 12.7 Å². The summed E-state index contributed by atoms with van der Waals surface area (Å²) in [6.45, 7) is 0.205. The van der Waals surface area contributed by atoms with Crippen molar-refractivity contribution in [3.8, 4) is 0 Å². The number of benzene rings is 2. The van der Waals surface area contributed by atoms with Crippen LogP contribution in [0.3, 0.4) is 0 Å². The molecule has 21 heavy (non-hydrogen) atoms. The van der Waals surface area contributed by atoms with Crippen LogP contribution in [0.25, 0.3) is 0 Å². The van der Waals surface area contributed by atoms with Crippen molar-refractivity contribution in [1.29, 1.82) is 0 Å². The molecule has 0 unspecified atom stereocenters. The molecule has 0 saturated carbocycles. The average molecular weight is 282 g/mol. The van der Waals surface area contributed by atoms with Crippen LogP contribution in [0.4, 0.5) is 0 Å². The Kier molecular flexibility index (Phi) is 3.60. The number of carbonyl (C=O) groups is 1. The lowest BCUT2D eigenvalue weighted by Gasteiger charge is -2.09. The Morgan fingerprint density at radius 3 is 2.29 bits per heavy atom. The fourth-order valence-corrected chi connectivity index (χ4v) is 2.16. The Labute approximate surface area is 122 Å². The molecule has 0 spiro atoms. The number of hydrogen-bond acceptors (Lipinski definition) is 4. The Hall–Kier alpha value is -2.75. The second-order valence-corrected chi connectivity index (χ2v) is 4.68. The molecule has 4 nitrogen and oxygen atoms in total. The Balaban J connectivity index is 1.77. The van der Waals surface area contributed by atoms with Crippen LogP contribution in [0.5, 0.6) is 0 Å². The molecule has 1 heterocycles. The first-order valence-electron chi connectivity index (χ1n) is 6.61. The maximum Gasteiger partial charge on any atom is 0.378 e. The van der Waals surface area contributed by atoms with Gasteiger partial charge in [0.25, 0.3) is 0 Å². The number of carbonyl (C=O) groups excluding carboxylic acids is 1. The first kappa shape index (κ1) is 13.2. The van der Waals surface area contributed by atoms with E-state index >= 15 is 0 Å². The van der Waals surface area contributed by atoms with Gasteiger partial charge in [-0.15, -0.1) is 0 Å². The quantitative estimate of drug-likeness (QED) is 0.874. The first-order chi connectivity index (χ1) is 10.3. The molecular weight excluding hydrogens is 268 g/mol. The van der Waals surface area contributed by atoms with Crippen LogP contribution in [0, 0.1) is 0 Å². The minimum absolute atomic E-state index is 0.118. The normalized spacial score (nSPS) is 17.7. The van der Waals surface area contributed by atoms with Gasteiger partial charge in [0.05, 0.1) is 0 Å². The fourth-order valence-electron chi connectivity index (χ4n) is 2.16. The standard InChI is InChI=1S/C17H14O4/c18-14-15(13-9-5-2-6-10-13)21-17(19)16(14)20-11-12-7-3-1-4-8-12/h1-10,15,18H,11H2/t15-/m0/s1. The first-order valence-corrected chi connectivity index (χ1v) is 6.61. The van der Waals surface area contributed by atoms with Gasteiger partial charge >= 0.3 is 5.97 Å². The lowest BCUT2D eigenvalue weighted by molar-refractivity contribution is -0.143. The van der Waals surface area contributed by atoms with Gasteiger partial charge in [-0.3, -0.25) is 0 Å². The topological polar surface area (TPSA) is 55.8 Å². The predicted octanol–water partition coefficient (Wildman–Crippen LogP) is 3.27. The highest BCUT2D eigenvalue weighted by Crippen LogP contribution is 2.34. The highest BCUT2D eigenvalue weighted by molar-refractivity contribution is 5.89. The minimum atomic E-state index is -0.788. The fraction of sp³-hybridized carbons (Fsp3) is 0.118. The van der Waals surface area contributed by atoms with Gasteiger partial charge < -0.3 is 14.6 Å². The molecule has 0 amide bonds. The van der Waals surface area contributed by atoms with Gasteiger partial charge in [-0.25, -0.2) is 4.79 Å². The second kappa shape index (κ2) is 5.71. The van der Waals surface area contributed by atoms with Crippen LogP contribution in [0.15, 0.2) is 72.2 Å². The number of hydrogen-bond donors (Lipinski definition) is 1. The van der Waals surface area contributed by atoms with Gasteiger partial charge in [0, 0.05) is 5.56 Å². The lowest BCUT2D eigenvalue weighted by atomic mass is 10.1. The molecule has 2 aromatic carbocycles. The molecule has 0 bridgehead atoms. The van der Waals surface area contributed by atoms with E-state index in [4.69, 9.17) is 9.47 Å². The van der Waals surface area contributed by atoms with E-state index in [9.17, 15) is 9.90 Å². The molecule has 4 heteroatoms. The van der Waals surface area contributed by atoms with Crippen LogP contribution in [-0.4, -0.2) is 11.1 Å². The van der Waals surface area contributed by atoms with Gasteiger partial charge in [-0.2, -0.15) is 0 Å². The minimum Gasteiger partial charge on any atom is -0.505 e. The van der Waals surface area contributed by atoms with E-state index in [1.165, 1.54) is 0 Å². The number of ether oxygens (including phenoxy) is 2. The molecule has 0 aromatic heterocycles. The molecule has 1 aliphatic heterocycles. The third-order valence-electron chi connectivity index (χ3n) is 3.22. The van der Waals surface area contributed by atoms with E-state index in [1.54, 1.807) is 12.1 Å². The van der Waals surface area contributed by atoms with Crippen molar-refractivity contribution in [3.63, 3.8) is 0 Å². The molecule has 3 rings (SSSR count). The number of esters is 1. The lowest BCUT2D eigenvalue weighted by Crippen LogP contribution is -2.04. The van der Waals surface area contributed by atoms with Gasteiger partial charge in [0.1, 0.15) is 6.61 Å². The Morgan fingerprint density at radius 1 is 1.00 bits per heavy atom. The summed E-state index contributed by atoms with van der Waals surface area (Å²) in [5, 5.41) is 10.2. The highest BCUT2D eigenvalue weighted by atomic mass is 16.6. The number of aliphatic hydroxyl groups excluding tert-OH is 1.